The number of rotatable bonds is 11. The Hall–Kier alpha value is -3.30. The van der Waals surface area contributed by atoms with E-state index >= 15 is 0 Å². The first-order valence-corrected chi connectivity index (χ1v) is 11.0. The van der Waals surface area contributed by atoms with E-state index in [1.165, 1.54) is 5.56 Å². The Morgan fingerprint density at radius 2 is 1.81 bits per heavy atom. The first-order chi connectivity index (χ1) is 15.5. The van der Waals surface area contributed by atoms with Crippen LogP contribution in [0.2, 0.25) is 0 Å². The highest BCUT2D eigenvalue weighted by Crippen LogP contribution is 2.17. The Morgan fingerprint density at radius 3 is 2.53 bits per heavy atom. The molecule has 0 saturated carbocycles. The molecule has 0 aliphatic carbocycles. The van der Waals surface area contributed by atoms with Crippen molar-refractivity contribution in [1.29, 1.82) is 0 Å². The van der Waals surface area contributed by atoms with Crippen molar-refractivity contribution in [3.63, 3.8) is 0 Å². The molecule has 0 spiro atoms. The molecule has 32 heavy (non-hydrogen) atoms. The summed E-state index contributed by atoms with van der Waals surface area (Å²) in [4.78, 5) is 24.4. The highest BCUT2D eigenvalue weighted by atomic mass is 32.1. The van der Waals surface area contributed by atoms with Crippen LogP contribution in [0.15, 0.2) is 54.6 Å². The molecule has 0 radical (unpaired) electrons. The van der Waals surface area contributed by atoms with E-state index in [1.807, 2.05) is 25.1 Å². The molecule has 168 valence electrons. The Labute approximate surface area is 191 Å². The molecular weight excluding hydrogens is 428 g/mol. The fourth-order valence-corrected chi connectivity index (χ4v) is 3.58. The van der Waals surface area contributed by atoms with E-state index < -0.39 is 0 Å². The molecule has 1 atom stereocenters. The summed E-state index contributed by atoms with van der Waals surface area (Å²) < 4.78 is 10.5. The van der Waals surface area contributed by atoms with Gasteiger partial charge >= 0.3 is 0 Å². The first kappa shape index (κ1) is 23.4. The lowest BCUT2D eigenvalue weighted by Crippen LogP contribution is -2.35. The summed E-state index contributed by atoms with van der Waals surface area (Å²) >= 11 is 1.12. The number of benzene rings is 2. The van der Waals surface area contributed by atoms with Gasteiger partial charge in [0, 0.05) is 11.7 Å². The minimum Gasteiger partial charge on any atom is -0.497 e. The lowest BCUT2D eigenvalue weighted by atomic mass is 10.1. The third-order valence-electron chi connectivity index (χ3n) is 4.58. The molecule has 0 unspecified atom stereocenters. The zero-order valence-electron chi connectivity index (χ0n) is 18.0. The Morgan fingerprint density at radius 1 is 1.06 bits per heavy atom. The average Bonchev–Trinajstić information content (AvgIpc) is 3.28. The van der Waals surface area contributed by atoms with Crippen LogP contribution in [-0.2, 0) is 22.6 Å². The predicted octanol–water partition coefficient (Wildman–Crippen LogP) is 3.45. The minimum atomic E-state index is -0.357. The van der Waals surface area contributed by atoms with Crippen molar-refractivity contribution in [3.05, 3.63) is 70.2 Å². The Kier molecular flexibility index (Phi) is 8.70. The summed E-state index contributed by atoms with van der Waals surface area (Å²) in [5, 5.41) is 14.3. The van der Waals surface area contributed by atoms with E-state index in [-0.39, 0.29) is 36.1 Å². The molecule has 3 rings (SSSR count). The van der Waals surface area contributed by atoms with Gasteiger partial charge in [-0.1, -0.05) is 41.7 Å². The van der Waals surface area contributed by atoms with Gasteiger partial charge in [0.1, 0.15) is 24.0 Å². The predicted molar refractivity (Wildman–Crippen MR) is 123 cm³/mol. The van der Waals surface area contributed by atoms with Crippen molar-refractivity contribution in [1.82, 2.24) is 15.5 Å². The average molecular weight is 455 g/mol. The molecule has 9 heteroatoms. The molecule has 0 aliphatic heterocycles. The fraction of sp³-hybridized carbons (Fsp3) is 0.304. The van der Waals surface area contributed by atoms with Gasteiger partial charge in [-0.3, -0.25) is 9.59 Å². The number of methoxy groups -OCH3 is 1. The summed E-state index contributed by atoms with van der Waals surface area (Å²) in [7, 11) is 1.58. The molecule has 2 aromatic carbocycles. The van der Waals surface area contributed by atoms with Gasteiger partial charge < -0.3 is 20.1 Å². The molecule has 2 amide bonds. The summed E-state index contributed by atoms with van der Waals surface area (Å²) in [6.07, 6.45) is 1.74. The van der Waals surface area contributed by atoms with Gasteiger partial charge in [0.05, 0.1) is 7.11 Å². The second kappa shape index (κ2) is 11.9. The molecule has 0 fully saturated rings. The number of hydrogen-bond donors (Lipinski definition) is 2. The van der Waals surface area contributed by atoms with Gasteiger partial charge in [-0.2, -0.15) is 0 Å². The van der Waals surface area contributed by atoms with E-state index in [9.17, 15) is 9.59 Å². The highest BCUT2D eigenvalue weighted by molar-refractivity contribution is 7.13. The second-order valence-electron chi connectivity index (χ2n) is 7.17. The zero-order valence-corrected chi connectivity index (χ0v) is 18.9. The van der Waals surface area contributed by atoms with Crippen LogP contribution in [0.4, 0.5) is 5.69 Å². The summed E-state index contributed by atoms with van der Waals surface area (Å²) in [6.45, 7) is 2.00. The number of anilines is 1. The van der Waals surface area contributed by atoms with Crippen molar-refractivity contribution in [2.45, 2.75) is 32.4 Å². The third-order valence-corrected chi connectivity index (χ3v) is 5.48. The maximum Gasteiger partial charge on any atom is 0.286 e. The number of carbonyl (C=O) groups is 2. The van der Waals surface area contributed by atoms with E-state index in [2.05, 4.69) is 33.0 Å². The maximum absolute atomic E-state index is 12.3. The SMILES string of the molecule is COc1ccc(NC(=O)c2nnc(COCC(=O)N[C@H](C)CCc3ccccc3)s2)cc1. The summed E-state index contributed by atoms with van der Waals surface area (Å²) in [5.74, 6) is 0.157. The monoisotopic (exact) mass is 454 g/mol. The lowest BCUT2D eigenvalue weighted by molar-refractivity contribution is -0.126. The lowest BCUT2D eigenvalue weighted by Gasteiger charge is -2.13. The van der Waals surface area contributed by atoms with Gasteiger partial charge in [0.15, 0.2) is 0 Å². The minimum absolute atomic E-state index is 0.0427. The van der Waals surface area contributed by atoms with Crippen LogP contribution in [0.3, 0.4) is 0 Å². The number of amides is 2. The summed E-state index contributed by atoms with van der Waals surface area (Å²) in [5.41, 5.74) is 1.87. The van der Waals surface area contributed by atoms with Crippen molar-refractivity contribution in [3.8, 4) is 5.75 Å². The standard InChI is InChI=1S/C23H26N4O4S/c1-16(8-9-17-6-4-3-5-7-17)24-20(28)14-31-15-21-26-27-23(32-21)22(29)25-18-10-12-19(30-2)13-11-18/h3-7,10-13,16H,8-9,14-15H2,1-2H3,(H,24,28)(H,25,29)/t16-/m1/s1. The van der Waals surface area contributed by atoms with Crippen LogP contribution in [0.25, 0.3) is 0 Å². The van der Waals surface area contributed by atoms with E-state index in [0.29, 0.717) is 16.4 Å². The van der Waals surface area contributed by atoms with Crippen LogP contribution in [-0.4, -0.2) is 41.8 Å². The van der Waals surface area contributed by atoms with Crippen LogP contribution in [0.1, 0.15) is 33.7 Å². The zero-order chi connectivity index (χ0) is 22.8. The van der Waals surface area contributed by atoms with Crippen molar-refractivity contribution >= 4 is 28.8 Å². The molecule has 1 heterocycles. The normalized spacial score (nSPS) is 11.6. The highest BCUT2D eigenvalue weighted by Gasteiger charge is 2.14. The van der Waals surface area contributed by atoms with E-state index in [4.69, 9.17) is 9.47 Å². The van der Waals surface area contributed by atoms with Gasteiger partial charge in [-0.25, -0.2) is 0 Å². The van der Waals surface area contributed by atoms with Gasteiger partial charge in [-0.05, 0) is 49.6 Å². The molecule has 3 aromatic rings. The molecule has 0 saturated heterocycles. The van der Waals surface area contributed by atoms with Gasteiger partial charge in [-0.15, -0.1) is 10.2 Å². The largest absolute Gasteiger partial charge is 0.497 e. The number of carbonyl (C=O) groups excluding carboxylic acids is 2. The molecule has 8 nitrogen and oxygen atoms in total. The maximum atomic E-state index is 12.3. The van der Waals surface area contributed by atoms with Crippen LogP contribution < -0.4 is 15.4 Å². The topological polar surface area (TPSA) is 102 Å². The summed E-state index contributed by atoms with van der Waals surface area (Å²) in [6, 6.07) is 17.2. The number of aromatic nitrogens is 2. The van der Waals surface area contributed by atoms with E-state index in [0.717, 1.165) is 24.2 Å². The number of nitrogens with zero attached hydrogens (tertiary/aromatic N) is 2. The molecular formula is C23H26N4O4S. The quantitative estimate of drug-likeness (QED) is 0.460. The Balaban J connectivity index is 1.36. The van der Waals surface area contributed by atoms with Gasteiger partial charge in [0.2, 0.25) is 10.9 Å². The molecule has 0 aliphatic rings. The van der Waals surface area contributed by atoms with Crippen LogP contribution >= 0.6 is 11.3 Å². The molecule has 0 bridgehead atoms. The second-order valence-corrected chi connectivity index (χ2v) is 8.23. The molecule has 2 N–H and O–H groups in total. The number of nitrogens with one attached hydrogen (secondary N) is 2. The Bertz CT molecular complexity index is 1010. The van der Waals surface area contributed by atoms with Crippen LogP contribution in [0.5, 0.6) is 5.75 Å². The van der Waals surface area contributed by atoms with Crippen molar-refractivity contribution in [2.75, 3.05) is 19.0 Å². The van der Waals surface area contributed by atoms with Gasteiger partial charge in [0.25, 0.3) is 5.91 Å². The third kappa shape index (κ3) is 7.44. The van der Waals surface area contributed by atoms with Crippen molar-refractivity contribution in [2.24, 2.45) is 0 Å². The number of hydrogen-bond acceptors (Lipinski definition) is 7. The number of ether oxygens (including phenoxy) is 2. The van der Waals surface area contributed by atoms with Crippen LogP contribution in [0, 0.1) is 0 Å². The van der Waals surface area contributed by atoms with Crippen molar-refractivity contribution < 1.29 is 19.1 Å². The smallest absolute Gasteiger partial charge is 0.286 e. The molecule has 1 aromatic heterocycles. The van der Waals surface area contributed by atoms with E-state index in [1.54, 1.807) is 31.4 Å². The first-order valence-electron chi connectivity index (χ1n) is 10.2. The number of aryl methyl sites for hydroxylation is 1. The fourth-order valence-electron chi connectivity index (χ4n) is 2.91.